The number of hydrogen-bond donors (Lipinski definition) is 0. The molecule has 0 saturated carbocycles. The zero-order chi connectivity index (χ0) is 20.2. The van der Waals surface area contributed by atoms with Crippen LogP contribution in [-0.2, 0) is 5.41 Å². The topological polar surface area (TPSA) is 26.0 Å². The van der Waals surface area contributed by atoms with Gasteiger partial charge >= 0.3 is 0 Å². The Morgan fingerprint density at radius 3 is 2.66 bits per heavy atom. The molecule has 0 N–H and O–H groups in total. The van der Waals surface area contributed by atoms with Crippen LogP contribution >= 0.6 is 23.1 Å². The average Bonchev–Trinajstić information content (AvgIpc) is 3.31. The van der Waals surface area contributed by atoms with Crippen molar-refractivity contribution >= 4 is 55.1 Å². The molecule has 0 atom stereocenters. The summed E-state index contributed by atoms with van der Waals surface area (Å²) in [5.41, 5.74) is 5.21. The molecule has 2 aromatic carbocycles. The maximum atomic E-state index is 6.20. The van der Waals surface area contributed by atoms with Crippen LogP contribution in [0.25, 0.3) is 43.3 Å². The zero-order valence-corrected chi connectivity index (χ0v) is 18.3. The lowest BCUT2D eigenvalue weighted by atomic mass is 9.85. The van der Waals surface area contributed by atoms with E-state index in [1.165, 1.54) is 20.5 Å². The second-order valence-corrected chi connectivity index (χ2v) is 10.1. The molecule has 3 aromatic heterocycles. The summed E-state index contributed by atoms with van der Waals surface area (Å²) in [6.07, 6.45) is 1.84. The molecule has 0 saturated heterocycles. The second-order valence-electron chi connectivity index (χ2n) is 8.16. The van der Waals surface area contributed by atoms with Crippen molar-refractivity contribution in [3.8, 4) is 11.3 Å². The predicted octanol–water partition coefficient (Wildman–Crippen LogP) is 8.40. The molecule has 5 aromatic rings. The van der Waals surface area contributed by atoms with Gasteiger partial charge < -0.3 is 4.42 Å². The van der Waals surface area contributed by atoms with Crippen LogP contribution in [0.15, 0.2) is 75.3 Å². The molecule has 0 radical (unpaired) electrons. The largest absolute Gasteiger partial charge is 0.456 e. The minimum Gasteiger partial charge on any atom is -0.456 e. The summed E-state index contributed by atoms with van der Waals surface area (Å²) in [7, 11) is 0. The van der Waals surface area contributed by atoms with E-state index >= 15 is 0 Å². The predicted molar refractivity (Wildman–Crippen MR) is 127 cm³/mol. The molecule has 0 fully saturated rings. The average molecular weight is 416 g/mol. The van der Waals surface area contributed by atoms with Gasteiger partial charge in [-0.1, -0.05) is 45.2 Å². The first-order valence-corrected chi connectivity index (χ1v) is 11.3. The molecule has 0 aliphatic carbocycles. The van der Waals surface area contributed by atoms with Crippen LogP contribution in [0.1, 0.15) is 26.3 Å². The Morgan fingerprint density at radius 1 is 1.03 bits per heavy atom. The molecular weight excluding hydrogens is 394 g/mol. The Hall–Kier alpha value is -2.56. The zero-order valence-electron chi connectivity index (χ0n) is 16.7. The van der Waals surface area contributed by atoms with Gasteiger partial charge in [-0.25, -0.2) is 0 Å². The number of thiophene rings is 1. The first-order chi connectivity index (χ1) is 14.0. The van der Waals surface area contributed by atoms with Crippen molar-refractivity contribution in [1.82, 2.24) is 4.98 Å². The molecule has 5 rings (SSSR count). The fourth-order valence-corrected chi connectivity index (χ4v) is 5.66. The first kappa shape index (κ1) is 18.5. The number of pyridine rings is 1. The van der Waals surface area contributed by atoms with Crippen LogP contribution in [0.4, 0.5) is 0 Å². The standard InChI is InChI=1S/C25H21NOS2/c1-5-28-20-9-7-16(14-17(20)25(2,3)4)23-21-19(10-12-26-23)27-18-8-6-15-11-13-29-24(15)22(18)21/h5-14H,1H2,2-4H3. The number of thioether (sulfide) groups is 1. The Labute approximate surface area is 178 Å². The minimum atomic E-state index is 0.0226. The molecule has 4 heteroatoms. The molecule has 0 aliphatic rings. The van der Waals surface area contributed by atoms with Gasteiger partial charge in [-0.3, -0.25) is 4.98 Å². The molecule has 0 aliphatic heterocycles. The number of nitrogens with zero attached hydrogens (tertiary/aromatic N) is 1. The number of rotatable bonds is 3. The van der Waals surface area contributed by atoms with Crippen LogP contribution in [0.2, 0.25) is 0 Å². The highest BCUT2D eigenvalue weighted by atomic mass is 32.2. The molecule has 29 heavy (non-hydrogen) atoms. The summed E-state index contributed by atoms with van der Waals surface area (Å²) >= 11 is 3.42. The fraction of sp³-hybridized carbons (Fsp3) is 0.160. The summed E-state index contributed by atoms with van der Waals surface area (Å²) in [6, 6.07) is 14.9. The van der Waals surface area contributed by atoms with E-state index in [0.717, 1.165) is 33.2 Å². The highest BCUT2D eigenvalue weighted by Crippen LogP contribution is 2.42. The third kappa shape index (κ3) is 2.98. The van der Waals surface area contributed by atoms with Crippen LogP contribution in [0.3, 0.4) is 0 Å². The van der Waals surface area contributed by atoms with Gasteiger partial charge in [0.2, 0.25) is 0 Å². The van der Waals surface area contributed by atoms with Crippen molar-refractivity contribution in [3.63, 3.8) is 0 Å². The summed E-state index contributed by atoms with van der Waals surface area (Å²) < 4.78 is 7.46. The van der Waals surface area contributed by atoms with Crippen molar-refractivity contribution in [2.75, 3.05) is 0 Å². The van der Waals surface area contributed by atoms with E-state index in [9.17, 15) is 0 Å². The Morgan fingerprint density at radius 2 is 1.86 bits per heavy atom. The smallest absolute Gasteiger partial charge is 0.139 e. The maximum absolute atomic E-state index is 6.20. The fourth-order valence-electron chi connectivity index (χ4n) is 3.90. The van der Waals surface area contributed by atoms with Crippen LogP contribution < -0.4 is 0 Å². The number of hydrogen-bond acceptors (Lipinski definition) is 4. The maximum Gasteiger partial charge on any atom is 0.139 e. The quantitative estimate of drug-likeness (QED) is 0.277. The molecule has 0 bridgehead atoms. The Balaban J connectivity index is 1.85. The summed E-state index contributed by atoms with van der Waals surface area (Å²) in [6.45, 7) is 10.6. The van der Waals surface area contributed by atoms with Gasteiger partial charge in [-0.05, 0) is 63.6 Å². The molecule has 3 heterocycles. The van der Waals surface area contributed by atoms with Gasteiger partial charge in [-0.2, -0.15) is 0 Å². The molecule has 144 valence electrons. The van der Waals surface area contributed by atoms with Crippen molar-refractivity contribution in [3.05, 3.63) is 71.6 Å². The van der Waals surface area contributed by atoms with Gasteiger partial charge in [0.1, 0.15) is 11.2 Å². The van der Waals surface area contributed by atoms with E-state index in [4.69, 9.17) is 9.40 Å². The second kappa shape index (κ2) is 6.75. The van der Waals surface area contributed by atoms with E-state index in [0.29, 0.717) is 0 Å². The molecule has 2 nitrogen and oxygen atoms in total. The van der Waals surface area contributed by atoms with Crippen molar-refractivity contribution in [2.45, 2.75) is 31.1 Å². The van der Waals surface area contributed by atoms with Gasteiger partial charge in [0.25, 0.3) is 0 Å². The van der Waals surface area contributed by atoms with Crippen molar-refractivity contribution < 1.29 is 4.42 Å². The van der Waals surface area contributed by atoms with Gasteiger partial charge in [0.15, 0.2) is 0 Å². The highest BCUT2D eigenvalue weighted by Gasteiger charge is 2.21. The van der Waals surface area contributed by atoms with Gasteiger partial charge in [0.05, 0.1) is 11.1 Å². The summed E-state index contributed by atoms with van der Waals surface area (Å²) in [5.74, 6) is 0. The molecule has 0 unspecified atom stereocenters. The molecule has 0 amide bonds. The van der Waals surface area contributed by atoms with E-state index < -0.39 is 0 Å². The van der Waals surface area contributed by atoms with Gasteiger partial charge in [0, 0.05) is 26.7 Å². The Kier molecular flexibility index (Phi) is 4.30. The van der Waals surface area contributed by atoms with E-state index in [1.54, 1.807) is 23.1 Å². The minimum absolute atomic E-state index is 0.0226. The van der Waals surface area contributed by atoms with Gasteiger partial charge in [-0.15, -0.1) is 11.3 Å². The van der Waals surface area contributed by atoms with Crippen LogP contribution in [-0.4, -0.2) is 4.98 Å². The van der Waals surface area contributed by atoms with E-state index in [-0.39, 0.29) is 5.41 Å². The number of furan rings is 1. The third-order valence-electron chi connectivity index (χ3n) is 5.24. The van der Waals surface area contributed by atoms with Crippen molar-refractivity contribution in [2.24, 2.45) is 0 Å². The lowest BCUT2D eigenvalue weighted by molar-refractivity contribution is 0.578. The lowest BCUT2D eigenvalue weighted by Crippen LogP contribution is -2.12. The molecule has 0 spiro atoms. The number of fused-ring (bicyclic) bond motifs is 5. The van der Waals surface area contributed by atoms with Crippen molar-refractivity contribution in [1.29, 1.82) is 0 Å². The monoisotopic (exact) mass is 415 g/mol. The summed E-state index contributed by atoms with van der Waals surface area (Å²) in [5, 5.41) is 7.53. The first-order valence-electron chi connectivity index (χ1n) is 9.57. The molecular formula is C25H21NOS2. The van der Waals surface area contributed by atoms with Crippen LogP contribution in [0, 0.1) is 0 Å². The Bertz CT molecular complexity index is 1390. The SMILES string of the molecule is C=CSc1ccc(-c2nccc3oc4ccc5ccsc5c4c23)cc1C(C)(C)C. The van der Waals surface area contributed by atoms with Crippen LogP contribution in [0.5, 0.6) is 0 Å². The number of aromatic nitrogens is 1. The highest BCUT2D eigenvalue weighted by molar-refractivity contribution is 8.02. The van der Waals surface area contributed by atoms with E-state index in [2.05, 4.69) is 69.1 Å². The number of benzene rings is 2. The third-order valence-corrected chi connectivity index (χ3v) is 6.96. The lowest BCUT2D eigenvalue weighted by Gasteiger charge is -2.23. The van der Waals surface area contributed by atoms with E-state index in [1.807, 2.05) is 17.7 Å². The normalized spacial score (nSPS) is 12.2. The summed E-state index contributed by atoms with van der Waals surface area (Å²) in [4.78, 5) is 6.04.